The van der Waals surface area contributed by atoms with E-state index in [1.54, 1.807) is 14.2 Å². The lowest BCUT2D eigenvalue weighted by Gasteiger charge is -2.38. The summed E-state index contributed by atoms with van der Waals surface area (Å²) in [4.78, 5) is 1.92. The Balaban J connectivity index is 1.48. The number of rotatable bonds is 2. The molecule has 0 aromatic heterocycles. The van der Waals surface area contributed by atoms with Crippen molar-refractivity contribution in [3.63, 3.8) is 0 Å². The zero-order valence-corrected chi connectivity index (χ0v) is 17.0. The molecule has 5 rings (SSSR count). The maximum atomic E-state index is 6.45. The van der Waals surface area contributed by atoms with Crippen molar-refractivity contribution >= 4 is 35.3 Å². The van der Waals surface area contributed by atoms with E-state index in [-0.39, 0.29) is 20.9 Å². The molecule has 0 saturated carbocycles. The average Bonchev–Trinajstić information content (AvgIpc) is 2.93. The fraction of sp³-hybridized carbons (Fsp3) is 0.368. The lowest BCUT2D eigenvalue weighted by Crippen LogP contribution is -2.45. The Morgan fingerprint density at radius 2 is 1.58 bits per heavy atom. The molecule has 3 heterocycles. The Morgan fingerprint density at radius 1 is 0.923 bits per heavy atom. The van der Waals surface area contributed by atoms with E-state index in [0.29, 0.717) is 0 Å². The Bertz CT molecular complexity index is 874. The highest BCUT2D eigenvalue weighted by Gasteiger charge is 2.59. The van der Waals surface area contributed by atoms with Gasteiger partial charge in [-0.3, -0.25) is 0 Å². The first kappa shape index (κ1) is 16.8. The normalized spacial score (nSPS) is 30.8. The lowest BCUT2D eigenvalue weighted by atomic mass is 10.1. The van der Waals surface area contributed by atoms with E-state index in [2.05, 4.69) is 13.0 Å². The second-order valence-corrected chi connectivity index (χ2v) is 10.7. The van der Waals surface area contributed by atoms with Crippen LogP contribution in [0.3, 0.4) is 0 Å². The van der Waals surface area contributed by atoms with E-state index < -0.39 is 0 Å². The number of ether oxygens (including phenoxy) is 4. The summed E-state index contributed by atoms with van der Waals surface area (Å²) in [6.07, 6.45) is 0.0836. The first-order valence-corrected chi connectivity index (χ1v) is 11.0. The van der Waals surface area contributed by atoms with Gasteiger partial charge in [-0.1, -0.05) is 11.8 Å². The Hall–Kier alpha value is -1.31. The summed E-state index contributed by atoms with van der Waals surface area (Å²) in [6, 6.07) is 12.0. The molecular formula is C19H18O4S3. The molecule has 0 amide bonds. The van der Waals surface area contributed by atoms with Crippen molar-refractivity contribution in [2.75, 3.05) is 14.2 Å². The molecule has 4 atom stereocenters. The Labute approximate surface area is 165 Å². The molecule has 4 nitrogen and oxygen atoms in total. The fourth-order valence-corrected chi connectivity index (χ4v) is 8.60. The minimum atomic E-state index is -0.319. The van der Waals surface area contributed by atoms with Crippen LogP contribution < -0.4 is 18.9 Å². The van der Waals surface area contributed by atoms with Gasteiger partial charge in [0.25, 0.3) is 0 Å². The summed E-state index contributed by atoms with van der Waals surface area (Å²) < 4.78 is 23.9. The number of methoxy groups -OCH3 is 2. The van der Waals surface area contributed by atoms with Gasteiger partial charge in [0, 0.05) is 0 Å². The van der Waals surface area contributed by atoms with E-state index in [1.165, 1.54) is 0 Å². The number of hydrogen-bond donors (Lipinski definition) is 0. The minimum absolute atomic E-state index is 0.0836. The van der Waals surface area contributed by atoms with Gasteiger partial charge >= 0.3 is 0 Å². The zero-order chi connectivity index (χ0) is 17.9. The maximum absolute atomic E-state index is 6.45. The third-order valence-corrected chi connectivity index (χ3v) is 9.46. The summed E-state index contributed by atoms with van der Waals surface area (Å²) in [5.74, 6) is 3.56. The van der Waals surface area contributed by atoms with Gasteiger partial charge in [-0.25, -0.2) is 0 Å². The maximum Gasteiger partial charge on any atom is 0.168 e. The predicted octanol–water partition coefficient (Wildman–Crippen LogP) is 4.90. The van der Waals surface area contributed by atoms with Gasteiger partial charge in [-0.15, -0.1) is 23.5 Å². The molecule has 3 aliphatic heterocycles. The number of fused-ring (bicyclic) bond motifs is 5. The monoisotopic (exact) mass is 406 g/mol. The Kier molecular flexibility index (Phi) is 3.95. The minimum Gasteiger partial charge on any atom is -0.497 e. The van der Waals surface area contributed by atoms with Crippen LogP contribution in [0.1, 0.15) is 6.92 Å². The van der Waals surface area contributed by atoms with Crippen molar-refractivity contribution in [2.45, 2.75) is 37.6 Å². The molecule has 2 aromatic carbocycles. The molecule has 0 bridgehead atoms. The molecule has 0 aliphatic carbocycles. The van der Waals surface area contributed by atoms with E-state index in [1.807, 2.05) is 65.6 Å². The summed E-state index contributed by atoms with van der Waals surface area (Å²) >= 11 is 5.54. The van der Waals surface area contributed by atoms with Crippen molar-refractivity contribution in [1.29, 1.82) is 0 Å². The van der Waals surface area contributed by atoms with Gasteiger partial charge < -0.3 is 18.9 Å². The highest BCUT2D eigenvalue weighted by molar-refractivity contribution is 8.18. The van der Waals surface area contributed by atoms with Crippen LogP contribution in [0, 0.1) is 0 Å². The second-order valence-electron chi connectivity index (χ2n) is 6.47. The average molecular weight is 407 g/mol. The van der Waals surface area contributed by atoms with Crippen molar-refractivity contribution in [3.05, 3.63) is 36.4 Å². The topological polar surface area (TPSA) is 36.9 Å². The van der Waals surface area contributed by atoms with E-state index in [9.17, 15) is 0 Å². The van der Waals surface area contributed by atoms with Crippen molar-refractivity contribution in [2.24, 2.45) is 0 Å². The standard InChI is InChI=1S/C19H18O4S3/c1-19-17(24-15-9-11(21-3)5-7-13(15)23-19)16-18(26-19)25-14-8-10(20-2)4-6-12(14)22-16/h4-9,16-18H,1-3H3/t16-,17+,18+,19-/m1/s1. The second kappa shape index (κ2) is 6.11. The van der Waals surface area contributed by atoms with Crippen molar-refractivity contribution in [3.8, 4) is 23.0 Å². The highest BCUT2D eigenvalue weighted by Crippen LogP contribution is 2.62. The van der Waals surface area contributed by atoms with Gasteiger partial charge in [0.15, 0.2) is 4.93 Å². The zero-order valence-electron chi connectivity index (χ0n) is 14.6. The van der Waals surface area contributed by atoms with Crippen LogP contribution in [-0.4, -0.2) is 35.1 Å². The molecule has 1 fully saturated rings. The van der Waals surface area contributed by atoms with E-state index in [4.69, 9.17) is 18.9 Å². The molecule has 0 radical (unpaired) electrons. The van der Waals surface area contributed by atoms with E-state index in [0.717, 1.165) is 32.8 Å². The van der Waals surface area contributed by atoms with Gasteiger partial charge in [-0.05, 0) is 43.3 Å². The molecule has 2 aromatic rings. The first-order valence-electron chi connectivity index (χ1n) is 8.32. The molecule has 7 heteroatoms. The van der Waals surface area contributed by atoms with Crippen LogP contribution in [0.2, 0.25) is 0 Å². The molecular weight excluding hydrogens is 388 g/mol. The SMILES string of the molecule is COc1ccc2c(c1)S[C@H]1S[C@@]3(C)Oc4ccc(OC)cc4S[C@H]3[C@H]1O2. The van der Waals surface area contributed by atoms with Gasteiger partial charge in [0.1, 0.15) is 29.1 Å². The quantitative estimate of drug-likeness (QED) is 0.702. The number of thioether (sulfide) groups is 3. The predicted molar refractivity (Wildman–Crippen MR) is 106 cm³/mol. The van der Waals surface area contributed by atoms with Crippen LogP contribution in [0.25, 0.3) is 0 Å². The van der Waals surface area contributed by atoms with E-state index >= 15 is 0 Å². The van der Waals surface area contributed by atoms with Crippen LogP contribution in [0.5, 0.6) is 23.0 Å². The fourth-order valence-electron chi connectivity index (χ4n) is 3.49. The largest absolute Gasteiger partial charge is 0.497 e. The molecule has 1 saturated heterocycles. The summed E-state index contributed by atoms with van der Waals surface area (Å²) in [6.45, 7) is 2.18. The molecule has 136 valence electrons. The van der Waals surface area contributed by atoms with Crippen LogP contribution in [0.15, 0.2) is 46.2 Å². The first-order chi connectivity index (χ1) is 12.6. The third kappa shape index (κ3) is 2.55. The molecule has 0 spiro atoms. The summed E-state index contributed by atoms with van der Waals surface area (Å²) in [5, 5.41) is 0.208. The van der Waals surface area contributed by atoms with Crippen LogP contribution in [0.4, 0.5) is 0 Å². The summed E-state index contributed by atoms with van der Waals surface area (Å²) in [5.41, 5.74) is 0. The molecule has 3 aliphatic rings. The Morgan fingerprint density at radius 3 is 2.27 bits per heavy atom. The van der Waals surface area contributed by atoms with Gasteiger partial charge in [0.2, 0.25) is 0 Å². The molecule has 0 N–H and O–H groups in total. The lowest BCUT2D eigenvalue weighted by molar-refractivity contribution is 0.121. The summed E-state index contributed by atoms with van der Waals surface area (Å²) in [7, 11) is 3.38. The smallest absolute Gasteiger partial charge is 0.168 e. The van der Waals surface area contributed by atoms with Crippen LogP contribution >= 0.6 is 35.3 Å². The van der Waals surface area contributed by atoms with Gasteiger partial charge in [-0.2, -0.15) is 0 Å². The van der Waals surface area contributed by atoms with Crippen LogP contribution in [-0.2, 0) is 0 Å². The molecule has 0 unspecified atom stereocenters. The van der Waals surface area contributed by atoms with Gasteiger partial charge in [0.05, 0.1) is 33.8 Å². The highest BCUT2D eigenvalue weighted by atomic mass is 32.2. The van der Waals surface area contributed by atoms with Crippen molar-refractivity contribution < 1.29 is 18.9 Å². The third-order valence-electron chi connectivity index (χ3n) is 4.81. The molecule has 26 heavy (non-hydrogen) atoms. The van der Waals surface area contributed by atoms with Crippen molar-refractivity contribution in [1.82, 2.24) is 0 Å². The number of benzene rings is 2. The number of hydrogen-bond acceptors (Lipinski definition) is 7.